The van der Waals surface area contributed by atoms with E-state index in [-0.39, 0.29) is 11.4 Å². The highest BCUT2D eigenvalue weighted by Crippen LogP contribution is 2.15. The van der Waals surface area contributed by atoms with Crippen molar-refractivity contribution in [2.45, 2.75) is 32.9 Å². The van der Waals surface area contributed by atoms with Gasteiger partial charge < -0.3 is 15.4 Å². The number of rotatable bonds is 6. The van der Waals surface area contributed by atoms with Gasteiger partial charge in [-0.2, -0.15) is 0 Å². The zero-order valence-corrected chi connectivity index (χ0v) is 14.9. The van der Waals surface area contributed by atoms with Crippen molar-refractivity contribution in [3.05, 3.63) is 35.6 Å². The lowest BCUT2D eigenvalue weighted by Gasteiger charge is -2.41. The molecule has 2 N–H and O–H groups in total. The summed E-state index contributed by atoms with van der Waals surface area (Å²) < 4.78 is 18.7. The summed E-state index contributed by atoms with van der Waals surface area (Å²) in [5.41, 5.74) is 0.874. The minimum atomic E-state index is -0.228. The molecule has 1 aliphatic heterocycles. The maximum Gasteiger partial charge on any atom is 0.191 e. The normalized spacial score (nSPS) is 16.9. The zero-order valence-electron chi connectivity index (χ0n) is 14.9. The van der Waals surface area contributed by atoms with Gasteiger partial charge in [0.05, 0.1) is 19.8 Å². The van der Waals surface area contributed by atoms with E-state index in [1.54, 1.807) is 6.07 Å². The molecular weight excluding hydrogens is 307 g/mol. The Hall–Kier alpha value is -1.66. The Morgan fingerprint density at radius 3 is 2.71 bits per heavy atom. The van der Waals surface area contributed by atoms with Crippen LogP contribution < -0.4 is 10.6 Å². The van der Waals surface area contributed by atoms with Crippen LogP contribution in [-0.4, -0.2) is 55.8 Å². The smallest absolute Gasteiger partial charge is 0.191 e. The quantitative estimate of drug-likeness (QED) is 0.616. The van der Waals surface area contributed by atoms with E-state index >= 15 is 0 Å². The number of nitrogens with zero attached hydrogens (tertiary/aromatic N) is 2. The van der Waals surface area contributed by atoms with Crippen LogP contribution in [-0.2, 0) is 11.3 Å². The Labute approximate surface area is 144 Å². The lowest BCUT2D eigenvalue weighted by molar-refractivity contribution is -0.00834. The molecule has 24 heavy (non-hydrogen) atoms. The molecule has 5 nitrogen and oxygen atoms in total. The molecule has 1 aromatic carbocycles. The van der Waals surface area contributed by atoms with Crippen LogP contribution in [0.25, 0.3) is 0 Å². The van der Waals surface area contributed by atoms with E-state index in [4.69, 9.17) is 4.74 Å². The van der Waals surface area contributed by atoms with Gasteiger partial charge in [0.15, 0.2) is 5.96 Å². The fourth-order valence-electron chi connectivity index (χ4n) is 2.73. The van der Waals surface area contributed by atoms with Gasteiger partial charge in [-0.25, -0.2) is 9.38 Å². The van der Waals surface area contributed by atoms with Crippen LogP contribution in [0.1, 0.15) is 26.3 Å². The van der Waals surface area contributed by atoms with E-state index in [1.807, 2.05) is 13.0 Å². The molecular formula is C18H29FN4O. The van der Waals surface area contributed by atoms with Gasteiger partial charge in [0.25, 0.3) is 0 Å². The van der Waals surface area contributed by atoms with E-state index in [0.29, 0.717) is 6.54 Å². The van der Waals surface area contributed by atoms with E-state index in [0.717, 1.165) is 50.9 Å². The van der Waals surface area contributed by atoms with Crippen molar-refractivity contribution in [2.75, 3.05) is 39.4 Å². The van der Waals surface area contributed by atoms with Crippen molar-refractivity contribution in [3.63, 3.8) is 0 Å². The first-order valence-corrected chi connectivity index (χ1v) is 8.60. The summed E-state index contributed by atoms with van der Waals surface area (Å²) >= 11 is 0. The molecule has 1 saturated heterocycles. The molecule has 0 atom stereocenters. The number of hydrogen-bond acceptors (Lipinski definition) is 3. The summed E-state index contributed by atoms with van der Waals surface area (Å²) in [5, 5.41) is 6.65. The summed E-state index contributed by atoms with van der Waals surface area (Å²) in [4.78, 5) is 6.99. The van der Waals surface area contributed by atoms with E-state index in [9.17, 15) is 4.39 Å². The van der Waals surface area contributed by atoms with Gasteiger partial charge in [-0.1, -0.05) is 12.1 Å². The first kappa shape index (κ1) is 18.7. The Balaban J connectivity index is 1.93. The first-order chi connectivity index (χ1) is 11.5. The Kier molecular flexibility index (Phi) is 6.99. The van der Waals surface area contributed by atoms with Crippen LogP contribution in [0.15, 0.2) is 29.3 Å². The molecule has 0 radical (unpaired) electrons. The fourth-order valence-corrected chi connectivity index (χ4v) is 2.73. The minimum Gasteiger partial charge on any atom is -0.379 e. The summed E-state index contributed by atoms with van der Waals surface area (Å²) in [6.07, 6.45) is 0. The number of aliphatic imine (C=N–C) groups is 1. The molecule has 0 saturated carbocycles. The lowest BCUT2D eigenvalue weighted by Crippen LogP contribution is -2.56. The van der Waals surface area contributed by atoms with Crippen LogP contribution in [0.5, 0.6) is 0 Å². The van der Waals surface area contributed by atoms with Gasteiger partial charge in [0, 0.05) is 31.7 Å². The molecule has 0 aromatic heterocycles. The summed E-state index contributed by atoms with van der Waals surface area (Å²) in [6, 6.07) is 6.56. The lowest BCUT2D eigenvalue weighted by atomic mass is 10.0. The van der Waals surface area contributed by atoms with Gasteiger partial charge in [-0.3, -0.25) is 4.90 Å². The second-order valence-electron chi connectivity index (χ2n) is 6.59. The molecule has 0 spiro atoms. The Morgan fingerprint density at radius 1 is 1.29 bits per heavy atom. The third-order valence-electron chi connectivity index (χ3n) is 4.21. The highest BCUT2D eigenvalue weighted by molar-refractivity contribution is 5.79. The molecule has 0 aliphatic carbocycles. The second-order valence-corrected chi connectivity index (χ2v) is 6.59. The van der Waals surface area contributed by atoms with Crippen LogP contribution in [0.4, 0.5) is 4.39 Å². The number of morpholine rings is 1. The highest BCUT2D eigenvalue weighted by atomic mass is 19.1. The number of benzene rings is 1. The number of guanidine groups is 1. The Bertz CT molecular complexity index is 542. The van der Waals surface area contributed by atoms with Crippen molar-refractivity contribution in [1.82, 2.24) is 15.5 Å². The number of nitrogens with one attached hydrogen (secondary N) is 2. The minimum absolute atomic E-state index is 0.0127. The number of halogens is 1. The van der Waals surface area contributed by atoms with Crippen molar-refractivity contribution < 1.29 is 9.13 Å². The van der Waals surface area contributed by atoms with Gasteiger partial charge in [0.2, 0.25) is 0 Å². The van der Waals surface area contributed by atoms with Crippen molar-refractivity contribution in [1.29, 1.82) is 0 Å². The molecule has 1 aromatic rings. The third kappa shape index (κ3) is 5.76. The van der Waals surface area contributed by atoms with Crippen molar-refractivity contribution in [2.24, 2.45) is 4.99 Å². The molecule has 1 heterocycles. The first-order valence-electron chi connectivity index (χ1n) is 8.60. The highest BCUT2D eigenvalue weighted by Gasteiger charge is 2.28. The summed E-state index contributed by atoms with van der Waals surface area (Å²) in [6.45, 7) is 12.0. The number of hydrogen-bond donors (Lipinski definition) is 2. The standard InChI is InChI=1S/C18H29FN4O/c1-4-20-17(21-13-15-6-5-7-16(19)12-15)22-14-18(2,3)23-8-10-24-11-9-23/h5-7,12H,4,8-11,13-14H2,1-3H3,(H2,20,21,22). The predicted octanol–water partition coefficient (Wildman–Crippen LogP) is 1.99. The predicted molar refractivity (Wildman–Crippen MR) is 95.7 cm³/mol. The average Bonchev–Trinajstić information content (AvgIpc) is 2.58. The van der Waals surface area contributed by atoms with Crippen LogP contribution >= 0.6 is 0 Å². The van der Waals surface area contributed by atoms with E-state index < -0.39 is 0 Å². The van der Waals surface area contributed by atoms with Crippen LogP contribution in [0, 0.1) is 5.82 Å². The van der Waals surface area contributed by atoms with Crippen LogP contribution in [0.3, 0.4) is 0 Å². The zero-order chi connectivity index (χ0) is 17.4. The SMILES string of the molecule is CCNC(=NCc1cccc(F)c1)NCC(C)(C)N1CCOCC1. The second kappa shape index (κ2) is 8.99. The van der Waals surface area contributed by atoms with E-state index in [1.165, 1.54) is 12.1 Å². The Morgan fingerprint density at radius 2 is 2.04 bits per heavy atom. The maximum atomic E-state index is 13.3. The maximum absolute atomic E-state index is 13.3. The monoisotopic (exact) mass is 336 g/mol. The van der Waals surface area contributed by atoms with Gasteiger partial charge in [-0.05, 0) is 38.5 Å². The van der Waals surface area contributed by atoms with Crippen molar-refractivity contribution in [3.8, 4) is 0 Å². The third-order valence-corrected chi connectivity index (χ3v) is 4.21. The number of ether oxygens (including phenoxy) is 1. The largest absolute Gasteiger partial charge is 0.379 e. The van der Waals surface area contributed by atoms with Gasteiger partial charge >= 0.3 is 0 Å². The van der Waals surface area contributed by atoms with Crippen molar-refractivity contribution >= 4 is 5.96 Å². The van der Waals surface area contributed by atoms with Gasteiger partial charge in [0.1, 0.15) is 5.82 Å². The molecule has 2 rings (SSSR count). The van der Waals surface area contributed by atoms with E-state index in [2.05, 4.69) is 34.4 Å². The molecule has 1 fully saturated rings. The summed E-state index contributed by atoms with van der Waals surface area (Å²) in [7, 11) is 0. The molecule has 6 heteroatoms. The average molecular weight is 336 g/mol. The fraction of sp³-hybridized carbons (Fsp3) is 0.611. The molecule has 1 aliphatic rings. The molecule has 0 unspecified atom stereocenters. The molecule has 0 amide bonds. The summed E-state index contributed by atoms with van der Waals surface area (Å²) in [5.74, 6) is 0.525. The molecule has 0 bridgehead atoms. The topological polar surface area (TPSA) is 48.9 Å². The van der Waals surface area contributed by atoms with Crippen LogP contribution in [0.2, 0.25) is 0 Å². The van der Waals surface area contributed by atoms with Gasteiger partial charge in [-0.15, -0.1) is 0 Å². The molecule has 134 valence electrons.